The predicted molar refractivity (Wildman–Crippen MR) is 131 cm³/mol. The molecule has 36 heavy (non-hydrogen) atoms. The highest BCUT2D eigenvalue weighted by Crippen LogP contribution is 2.38. The molecular weight excluding hydrogens is 458 g/mol. The molecule has 3 aromatic rings. The fourth-order valence-corrected chi connectivity index (χ4v) is 5.57. The average molecular weight is 490 g/mol. The number of nitrogens with zero attached hydrogens (tertiary/aromatic N) is 4. The molecule has 5 rings (SSSR count). The van der Waals surface area contributed by atoms with Gasteiger partial charge in [-0.05, 0) is 42.5 Å². The third kappa shape index (κ3) is 4.67. The number of hydrogen-bond donors (Lipinski definition) is 3. The van der Waals surface area contributed by atoms with Crippen LogP contribution in [-0.2, 0) is 33.9 Å². The summed E-state index contributed by atoms with van der Waals surface area (Å²) in [5.74, 6) is -1.66. The Morgan fingerprint density at radius 1 is 1.25 bits per heavy atom. The van der Waals surface area contributed by atoms with Gasteiger partial charge in [-0.2, -0.15) is 15.4 Å². The Balaban J connectivity index is 1.35. The van der Waals surface area contributed by atoms with E-state index < -0.39 is 17.8 Å². The maximum Gasteiger partial charge on any atom is 0.229 e. The highest BCUT2D eigenvalue weighted by molar-refractivity contribution is 5.93. The molecule has 4 heterocycles. The second kappa shape index (κ2) is 10.0. The second-order valence-corrected chi connectivity index (χ2v) is 10.0. The number of H-pyrrole nitrogens is 1. The molecule has 1 aliphatic carbocycles. The number of amides is 2. The Hall–Kier alpha value is -3.82. The van der Waals surface area contributed by atoms with Gasteiger partial charge in [-0.15, -0.1) is 0 Å². The molecule has 0 spiro atoms. The summed E-state index contributed by atoms with van der Waals surface area (Å²) >= 11 is 0. The van der Waals surface area contributed by atoms with Crippen molar-refractivity contribution in [2.45, 2.75) is 64.1 Å². The van der Waals surface area contributed by atoms with Crippen molar-refractivity contribution < 1.29 is 14.4 Å². The number of nitrogens with one attached hydrogen (secondary N) is 3. The van der Waals surface area contributed by atoms with E-state index in [2.05, 4.69) is 31.0 Å². The fourth-order valence-electron chi connectivity index (χ4n) is 5.57. The summed E-state index contributed by atoms with van der Waals surface area (Å²) in [5, 5.41) is 16.3. The maximum atomic E-state index is 13.6. The van der Waals surface area contributed by atoms with E-state index in [1.54, 1.807) is 12.4 Å². The first-order valence-corrected chi connectivity index (χ1v) is 12.5. The lowest BCUT2D eigenvalue weighted by molar-refractivity contribution is -0.131. The number of carbonyl (C=O) groups excluding carboxylic acids is 3. The molecule has 2 amide bonds. The summed E-state index contributed by atoms with van der Waals surface area (Å²) in [6.45, 7) is 4.67. The van der Waals surface area contributed by atoms with E-state index in [1.165, 1.54) is 0 Å². The fraction of sp³-hybridized carbons (Fsp3) is 0.462. The first-order chi connectivity index (χ1) is 17.4. The van der Waals surface area contributed by atoms with Gasteiger partial charge in [0.15, 0.2) is 0 Å². The first-order valence-electron chi connectivity index (χ1n) is 12.5. The van der Waals surface area contributed by atoms with Crippen molar-refractivity contribution in [3.8, 4) is 0 Å². The molecule has 3 N–H and O–H groups in total. The maximum absolute atomic E-state index is 13.6. The Morgan fingerprint density at radius 2 is 2.11 bits per heavy atom. The van der Waals surface area contributed by atoms with Gasteiger partial charge in [0.25, 0.3) is 0 Å². The summed E-state index contributed by atoms with van der Waals surface area (Å²) < 4.78 is 2.03. The Bertz CT molecular complexity index is 1240. The number of hydrogen-bond acceptors (Lipinski definition) is 6. The van der Waals surface area contributed by atoms with Crippen LogP contribution in [0.25, 0.3) is 0 Å². The van der Waals surface area contributed by atoms with E-state index in [1.807, 2.05) is 48.9 Å². The highest BCUT2D eigenvalue weighted by atomic mass is 16.2. The van der Waals surface area contributed by atoms with Gasteiger partial charge in [-0.1, -0.05) is 19.9 Å². The van der Waals surface area contributed by atoms with Crippen LogP contribution in [0.15, 0.2) is 42.9 Å². The average Bonchev–Trinajstić information content (AvgIpc) is 3.49. The lowest BCUT2D eigenvalue weighted by Gasteiger charge is -2.33. The molecule has 10 nitrogen and oxygen atoms in total. The van der Waals surface area contributed by atoms with Crippen LogP contribution in [0.2, 0.25) is 0 Å². The second-order valence-electron chi connectivity index (χ2n) is 10.0. The molecule has 0 saturated heterocycles. The molecule has 1 aliphatic heterocycles. The van der Waals surface area contributed by atoms with Crippen molar-refractivity contribution >= 4 is 17.6 Å². The lowest BCUT2D eigenvalue weighted by atomic mass is 9.79. The summed E-state index contributed by atoms with van der Waals surface area (Å²) in [6.07, 6.45) is 6.78. The number of Topliss-reactive ketones (excluding diaryl/α,β-unsaturated/α-hetero) is 1. The molecule has 0 saturated carbocycles. The van der Waals surface area contributed by atoms with E-state index in [0.717, 1.165) is 23.4 Å². The molecule has 3 aromatic heterocycles. The van der Waals surface area contributed by atoms with Crippen molar-refractivity contribution in [3.05, 3.63) is 65.5 Å². The van der Waals surface area contributed by atoms with Crippen LogP contribution in [0.5, 0.6) is 0 Å². The van der Waals surface area contributed by atoms with Gasteiger partial charge >= 0.3 is 0 Å². The monoisotopic (exact) mass is 489 g/mol. The molecule has 0 aromatic carbocycles. The summed E-state index contributed by atoms with van der Waals surface area (Å²) in [7, 11) is 0. The largest absolute Gasteiger partial charge is 0.352 e. The number of rotatable bonds is 7. The quantitative estimate of drug-likeness (QED) is 0.464. The zero-order chi connectivity index (χ0) is 25.2. The molecule has 188 valence electrons. The lowest BCUT2D eigenvalue weighted by Crippen LogP contribution is -2.47. The van der Waals surface area contributed by atoms with Gasteiger partial charge in [0.05, 0.1) is 36.2 Å². The molecule has 0 bridgehead atoms. The minimum absolute atomic E-state index is 0.0146. The predicted octanol–water partition coefficient (Wildman–Crippen LogP) is 1.86. The van der Waals surface area contributed by atoms with Crippen molar-refractivity contribution in [2.75, 3.05) is 0 Å². The standard InChI is InChI=1S/C26H31N7O3/c1-15(2)22(19-5-3-4-9-27-19)26(36)30-20-7-6-16-8-10-33-14-17(11-21(34)23(20)24(16)33)25(35)28-12-18-13-29-32-31-18/h3-5,8-10,13,15,17,20,22-23H,6-7,11-12,14H2,1-2H3,(H,28,35)(H,30,36)(H,29,31,32)/t17-,20-,22+,23?/m0/s1. The van der Waals surface area contributed by atoms with Crippen LogP contribution in [0, 0.1) is 11.8 Å². The van der Waals surface area contributed by atoms with Crippen molar-refractivity contribution in [1.82, 2.24) is 35.6 Å². The number of ketones is 1. The first kappa shape index (κ1) is 23.9. The van der Waals surface area contributed by atoms with Crippen LogP contribution in [0.3, 0.4) is 0 Å². The SMILES string of the molecule is CC(C)[C@@H](C(=O)N[C@H]1CCc2ccn3c2C1C(=O)C[C@H](C(=O)NCc1cn[nH]n1)C3)c1ccccn1. The minimum atomic E-state index is -0.500. The van der Waals surface area contributed by atoms with Crippen LogP contribution in [0.1, 0.15) is 61.2 Å². The van der Waals surface area contributed by atoms with Crippen molar-refractivity contribution in [2.24, 2.45) is 11.8 Å². The van der Waals surface area contributed by atoms with E-state index in [0.29, 0.717) is 18.7 Å². The number of aromatic nitrogens is 5. The van der Waals surface area contributed by atoms with Gasteiger partial charge in [-0.3, -0.25) is 19.4 Å². The molecule has 10 heteroatoms. The normalized spacial score (nSPS) is 22.0. The number of aromatic amines is 1. The van der Waals surface area contributed by atoms with Crippen molar-refractivity contribution in [1.29, 1.82) is 0 Å². The minimum Gasteiger partial charge on any atom is -0.352 e. The molecule has 1 unspecified atom stereocenters. The Labute approximate surface area is 209 Å². The smallest absolute Gasteiger partial charge is 0.229 e. The van der Waals surface area contributed by atoms with E-state index in [4.69, 9.17) is 0 Å². The third-order valence-electron chi connectivity index (χ3n) is 7.29. The third-order valence-corrected chi connectivity index (χ3v) is 7.29. The Morgan fingerprint density at radius 3 is 2.83 bits per heavy atom. The Kier molecular flexibility index (Phi) is 6.67. The van der Waals surface area contributed by atoms with Gasteiger partial charge < -0.3 is 15.2 Å². The van der Waals surface area contributed by atoms with Gasteiger partial charge in [0, 0.05) is 37.1 Å². The molecule has 2 aliphatic rings. The van der Waals surface area contributed by atoms with E-state index in [-0.39, 0.29) is 42.5 Å². The van der Waals surface area contributed by atoms with Gasteiger partial charge in [0.2, 0.25) is 11.8 Å². The topological polar surface area (TPSA) is 135 Å². The molecule has 0 fully saturated rings. The zero-order valence-corrected chi connectivity index (χ0v) is 20.5. The summed E-state index contributed by atoms with van der Waals surface area (Å²) in [6, 6.07) is 7.29. The van der Waals surface area contributed by atoms with E-state index in [9.17, 15) is 14.4 Å². The van der Waals surface area contributed by atoms with Crippen LogP contribution >= 0.6 is 0 Å². The van der Waals surface area contributed by atoms with Crippen molar-refractivity contribution in [3.63, 3.8) is 0 Å². The number of carbonyl (C=O) groups is 3. The summed E-state index contributed by atoms with van der Waals surface area (Å²) in [5.41, 5.74) is 3.40. The number of pyridine rings is 1. The molecule has 4 atom stereocenters. The molecule has 0 radical (unpaired) electrons. The molecular formula is C26H31N7O3. The van der Waals surface area contributed by atoms with Gasteiger partial charge in [-0.25, -0.2) is 0 Å². The zero-order valence-electron chi connectivity index (χ0n) is 20.5. The number of aryl methyl sites for hydroxylation is 1. The summed E-state index contributed by atoms with van der Waals surface area (Å²) in [4.78, 5) is 44.5. The van der Waals surface area contributed by atoms with Crippen LogP contribution in [0.4, 0.5) is 0 Å². The highest BCUT2D eigenvalue weighted by Gasteiger charge is 2.43. The van der Waals surface area contributed by atoms with Crippen LogP contribution in [-0.4, -0.2) is 48.6 Å². The van der Waals surface area contributed by atoms with Gasteiger partial charge in [0.1, 0.15) is 11.5 Å². The van der Waals surface area contributed by atoms with Crippen LogP contribution < -0.4 is 10.6 Å². The van der Waals surface area contributed by atoms with E-state index >= 15 is 0 Å².